The summed E-state index contributed by atoms with van der Waals surface area (Å²) >= 11 is 0. The fraction of sp³-hybridized carbons (Fsp3) is 0.562. The van der Waals surface area contributed by atoms with E-state index in [2.05, 4.69) is 5.32 Å². The molecule has 0 bridgehead atoms. The van der Waals surface area contributed by atoms with Crippen LogP contribution in [0.1, 0.15) is 31.2 Å². The average Bonchev–Trinajstić information content (AvgIpc) is 2.42. The molecule has 20 heavy (non-hydrogen) atoms. The zero-order valence-corrected chi connectivity index (χ0v) is 12.2. The monoisotopic (exact) mass is 276 g/mol. The number of benzene rings is 1. The lowest BCUT2D eigenvalue weighted by molar-refractivity contribution is -0.119. The van der Waals surface area contributed by atoms with E-state index in [1.807, 2.05) is 24.3 Å². The van der Waals surface area contributed by atoms with Gasteiger partial charge < -0.3 is 15.8 Å². The molecule has 0 heterocycles. The summed E-state index contributed by atoms with van der Waals surface area (Å²) in [6, 6.07) is 7.89. The van der Waals surface area contributed by atoms with Crippen molar-refractivity contribution < 1.29 is 9.53 Å². The molecule has 4 heteroatoms. The number of anilines is 1. The fourth-order valence-corrected chi connectivity index (χ4v) is 2.74. The standard InChI is InChI=1S/C16H24N2O2/c1-20-10-7-13-5-2-3-6-14(13)18-15(19)11-16(12-17)8-4-9-16/h2-3,5-6H,4,7-12,17H2,1H3,(H,18,19). The number of hydrogen-bond donors (Lipinski definition) is 2. The Kier molecular flexibility index (Phi) is 5.15. The van der Waals surface area contributed by atoms with Gasteiger partial charge in [-0.15, -0.1) is 0 Å². The van der Waals surface area contributed by atoms with Gasteiger partial charge in [-0.25, -0.2) is 0 Å². The van der Waals surface area contributed by atoms with Crippen molar-refractivity contribution in [1.29, 1.82) is 0 Å². The van der Waals surface area contributed by atoms with Crippen LogP contribution < -0.4 is 11.1 Å². The molecule has 2 rings (SSSR count). The average molecular weight is 276 g/mol. The maximum absolute atomic E-state index is 12.2. The third-order valence-electron chi connectivity index (χ3n) is 4.25. The van der Waals surface area contributed by atoms with Crippen molar-refractivity contribution in [3.63, 3.8) is 0 Å². The predicted octanol–water partition coefficient (Wildman–Crippen LogP) is 2.33. The topological polar surface area (TPSA) is 64.3 Å². The Morgan fingerprint density at radius 3 is 2.75 bits per heavy atom. The number of carbonyl (C=O) groups is 1. The number of para-hydroxylation sites is 1. The second kappa shape index (κ2) is 6.86. The summed E-state index contributed by atoms with van der Waals surface area (Å²) < 4.78 is 5.10. The molecule has 0 radical (unpaired) electrons. The molecular formula is C16H24N2O2. The molecule has 1 aliphatic carbocycles. The first-order valence-electron chi connectivity index (χ1n) is 7.26. The summed E-state index contributed by atoms with van der Waals surface area (Å²) in [5, 5.41) is 3.03. The summed E-state index contributed by atoms with van der Waals surface area (Å²) in [5.74, 6) is 0.0695. The smallest absolute Gasteiger partial charge is 0.224 e. The van der Waals surface area contributed by atoms with Gasteiger partial charge in [-0.1, -0.05) is 24.6 Å². The van der Waals surface area contributed by atoms with Gasteiger partial charge in [-0.3, -0.25) is 4.79 Å². The van der Waals surface area contributed by atoms with Gasteiger partial charge in [-0.05, 0) is 42.9 Å². The van der Waals surface area contributed by atoms with Gasteiger partial charge in [0.2, 0.25) is 5.91 Å². The molecule has 0 atom stereocenters. The molecule has 110 valence electrons. The summed E-state index contributed by atoms with van der Waals surface area (Å²) in [4.78, 5) is 12.2. The van der Waals surface area contributed by atoms with E-state index >= 15 is 0 Å². The Balaban J connectivity index is 1.96. The molecular weight excluding hydrogens is 252 g/mol. The Bertz CT molecular complexity index is 450. The normalized spacial score (nSPS) is 16.5. The van der Waals surface area contributed by atoms with Crippen LogP contribution in [0.4, 0.5) is 5.69 Å². The van der Waals surface area contributed by atoms with Crippen LogP contribution in [0.5, 0.6) is 0 Å². The zero-order valence-electron chi connectivity index (χ0n) is 12.2. The molecule has 1 aromatic carbocycles. The minimum absolute atomic E-state index is 0.0472. The van der Waals surface area contributed by atoms with Gasteiger partial charge in [0.05, 0.1) is 6.61 Å². The van der Waals surface area contributed by atoms with Crippen LogP contribution >= 0.6 is 0 Å². The molecule has 1 amide bonds. The summed E-state index contributed by atoms with van der Waals surface area (Å²) in [6.07, 6.45) is 4.66. The summed E-state index contributed by atoms with van der Waals surface area (Å²) in [7, 11) is 1.68. The highest BCUT2D eigenvalue weighted by Crippen LogP contribution is 2.43. The predicted molar refractivity (Wildman–Crippen MR) is 80.6 cm³/mol. The molecule has 1 aromatic rings. The zero-order chi connectivity index (χ0) is 14.4. The number of carbonyl (C=O) groups excluding carboxylic acids is 1. The van der Waals surface area contributed by atoms with E-state index in [0.29, 0.717) is 19.6 Å². The van der Waals surface area contributed by atoms with Crippen molar-refractivity contribution in [3.05, 3.63) is 29.8 Å². The van der Waals surface area contributed by atoms with Crippen molar-refractivity contribution in [3.8, 4) is 0 Å². The van der Waals surface area contributed by atoms with Gasteiger partial charge in [0.15, 0.2) is 0 Å². The summed E-state index contributed by atoms with van der Waals surface area (Å²) in [5.41, 5.74) is 7.86. The molecule has 3 N–H and O–H groups in total. The van der Waals surface area contributed by atoms with Gasteiger partial charge in [-0.2, -0.15) is 0 Å². The number of ether oxygens (including phenoxy) is 1. The Labute approximate surface area is 120 Å². The van der Waals surface area contributed by atoms with Crippen LogP contribution in [0.2, 0.25) is 0 Å². The number of nitrogens with one attached hydrogen (secondary N) is 1. The lowest BCUT2D eigenvalue weighted by Crippen LogP contribution is -2.40. The number of amides is 1. The highest BCUT2D eigenvalue weighted by atomic mass is 16.5. The van der Waals surface area contributed by atoms with Gasteiger partial charge in [0, 0.05) is 19.2 Å². The minimum atomic E-state index is 0.0472. The van der Waals surface area contributed by atoms with E-state index in [1.54, 1.807) is 7.11 Å². The van der Waals surface area contributed by atoms with Crippen LogP contribution in [0.25, 0.3) is 0 Å². The molecule has 1 fully saturated rings. The van der Waals surface area contributed by atoms with Gasteiger partial charge in [0.25, 0.3) is 0 Å². The molecule has 4 nitrogen and oxygen atoms in total. The van der Waals surface area contributed by atoms with Crippen LogP contribution in [0, 0.1) is 5.41 Å². The Morgan fingerprint density at radius 1 is 1.40 bits per heavy atom. The maximum atomic E-state index is 12.2. The molecule has 0 spiro atoms. The lowest BCUT2D eigenvalue weighted by Gasteiger charge is -2.40. The van der Waals surface area contributed by atoms with Crippen molar-refractivity contribution in [2.45, 2.75) is 32.1 Å². The molecule has 0 aromatic heterocycles. The molecule has 1 saturated carbocycles. The molecule has 0 unspecified atom stereocenters. The molecule has 0 aliphatic heterocycles. The summed E-state index contributed by atoms with van der Waals surface area (Å²) in [6.45, 7) is 1.26. The third kappa shape index (κ3) is 3.58. The highest BCUT2D eigenvalue weighted by molar-refractivity contribution is 5.92. The van der Waals surface area contributed by atoms with Crippen LogP contribution in [-0.2, 0) is 16.0 Å². The SMILES string of the molecule is COCCc1ccccc1NC(=O)CC1(CN)CCC1. The van der Waals surface area contributed by atoms with Crippen molar-refractivity contribution in [2.75, 3.05) is 25.6 Å². The van der Waals surface area contributed by atoms with E-state index in [-0.39, 0.29) is 11.3 Å². The molecule has 0 saturated heterocycles. The number of rotatable bonds is 7. The van der Waals surface area contributed by atoms with Crippen molar-refractivity contribution in [2.24, 2.45) is 11.1 Å². The lowest BCUT2D eigenvalue weighted by atomic mass is 9.66. The molecule has 1 aliphatic rings. The maximum Gasteiger partial charge on any atom is 0.224 e. The number of methoxy groups -OCH3 is 1. The van der Waals surface area contributed by atoms with E-state index in [1.165, 1.54) is 6.42 Å². The minimum Gasteiger partial charge on any atom is -0.384 e. The first-order valence-corrected chi connectivity index (χ1v) is 7.26. The Morgan fingerprint density at radius 2 is 2.15 bits per heavy atom. The van der Waals surface area contributed by atoms with Crippen molar-refractivity contribution >= 4 is 11.6 Å². The Hall–Kier alpha value is -1.39. The quantitative estimate of drug-likeness (QED) is 0.803. The first kappa shape index (κ1) is 15.0. The second-order valence-electron chi connectivity index (χ2n) is 5.68. The van der Waals surface area contributed by atoms with E-state index in [0.717, 1.165) is 30.5 Å². The fourth-order valence-electron chi connectivity index (χ4n) is 2.74. The highest BCUT2D eigenvalue weighted by Gasteiger charge is 2.37. The van der Waals surface area contributed by atoms with Crippen molar-refractivity contribution in [1.82, 2.24) is 0 Å². The van der Waals surface area contributed by atoms with Crippen LogP contribution in [-0.4, -0.2) is 26.2 Å². The van der Waals surface area contributed by atoms with E-state index < -0.39 is 0 Å². The van der Waals surface area contributed by atoms with Gasteiger partial charge >= 0.3 is 0 Å². The van der Waals surface area contributed by atoms with E-state index in [4.69, 9.17) is 10.5 Å². The first-order chi connectivity index (χ1) is 9.69. The van der Waals surface area contributed by atoms with E-state index in [9.17, 15) is 4.79 Å². The largest absolute Gasteiger partial charge is 0.384 e. The van der Waals surface area contributed by atoms with Crippen LogP contribution in [0.15, 0.2) is 24.3 Å². The number of nitrogens with two attached hydrogens (primary N) is 1. The van der Waals surface area contributed by atoms with Gasteiger partial charge in [0.1, 0.15) is 0 Å². The number of hydrogen-bond acceptors (Lipinski definition) is 3. The second-order valence-corrected chi connectivity index (χ2v) is 5.68. The van der Waals surface area contributed by atoms with Crippen LogP contribution in [0.3, 0.4) is 0 Å². The third-order valence-corrected chi connectivity index (χ3v) is 4.25.